The van der Waals surface area contributed by atoms with E-state index in [9.17, 15) is 10.1 Å². The van der Waals surface area contributed by atoms with Gasteiger partial charge in [-0.3, -0.25) is 4.79 Å². The van der Waals surface area contributed by atoms with E-state index >= 15 is 0 Å². The van der Waals surface area contributed by atoms with Gasteiger partial charge in [-0.2, -0.15) is 5.26 Å². The number of aromatic nitrogens is 1. The van der Waals surface area contributed by atoms with Crippen molar-refractivity contribution in [3.8, 4) is 17.4 Å². The van der Waals surface area contributed by atoms with Crippen LogP contribution in [0.5, 0.6) is 0 Å². The quantitative estimate of drug-likeness (QED) is 0.428. The van der Waals surface area contributed by atoms with E-state index in [1.807, 2.05) is 18.2 Å². The Hall–Kier alpha value is -3.54. The number of thiophene rings is 1. The molecule has 4 aromatic rings. The van der Waals surface area contributed by atoms with Gasteiger partial charge in [0.1, 0.15) is 32.9 Å². The number of carbonyl (C=O) groups excluding carboxylic acids is 1. The molecule has 0 unspecified atom stereocenters. The number of hydrogen-bond acceptors (Lipinski definition) is 7. The van der Waals surface area contributed by atoms with Crippen LogP contribution in [0.1, 0.15) is 20.8 Å². The average Bonchev–Trinajstić information content (AvgIpc) is 3.35. The molecule has 4 rings (SSSR count). The summed E-state index contributed by atoms with van der Waals surface area (Å²) in [6, 6.07) is 12.9. The molecule has 0 aliphatic heterocycles. The zero-order chi connectivity index (χ0) is 21.3. The number of halogens is 1. The summed E-state index contributed by atoms with van der Waals surface area (Å²) in [5, 5.41) is 13.6. The second-order valence-corrected chi connectivity index (χ2v) is 7.93. The molecule has 30 heavy (non-hydrogen) atoms. The third kappa shape index (κ3) is 3.56. The molecule has 3 aromatic heterocycles. The van der Waals surface area contributed by atoms with Crippen LogP contribution in [0.4, 0.5) is 11.5 Å². The number of nitrogens with zero attached hydrogens (tertiary/aromatic N) is 2. The number of pyridine rings is 1. The van der Waals surface area contributed by atoms with E-state index in [1.54, 1.807) is 18.2 Å². The van der Waals surface area contributed by atoms with Crippen molar-refractivity contribution < 1.29 is 9.21 Å². The molecular weight excluding hydrogens is 422 g/mol. The Balaban J connectivity index is 1.67. The summed E-state index contributed by atoms with van der Waals surface area (Å²) in [5.41, 5.74) is 14.2. The van der Waals surface area contributed by atoms with Crippen LogP contribution >= 0.6 is 22.9 Å². The number of rotatable bonds is 5. The third-order valence-corrected chi connectivity index (χ3v) is 5.91. The SMILES string of the molecule is N#Cc1c(N)nc2sc(C(=O)NCCc3cccc(Cl)c3)c(N)c2c1-c1ccco1. The molecule has 0 aliphatic carbocycles. The Labute approximate surface area is 180 Å². The van der Waals surface area contributed by atoms with E-state index in [0.29, 0.717) is 44.4 Å². The van der Waals surface area contributed by atoms with Gasteiger partial charge in [-0.25, -0.2) is 4.98 Å². The van der Waals surface area contributed by atoms with Crippen LogP contribution < -0.4 is 16.8 Å². The number of nitrogen functional groups attached to an aromatic ring is 2. The summed E-state index contributed by atoms with van der Waals surface area (Å²) in [6.07, 6.45) is 2.11. The predicted octanol–water partition coefficient (Wildman–Crippen LogP) is 4.22. The topological polar surface area (TPSA) is 131 Å². The van der Waals surface area contributed by atoms with Crippen LogP contribution in [0.25, 0.3) is 21.5 Å². The van der Waals surface area contributed by atoms with Crippen LogP contribution in [-0.4, -0.2) is 17.4 Å². The fourth-order valence-corrected chi connectivity index (χ4v) is 4.45. The molecule has 0 bridgehead atoms. The van der Waals surface area contributed by atoms with Crippen LogP contribution in [0.2, 0.25) is 5.02 Å². The number of nitrogens with two attached hydrogens (primary N) is 2. The van der Waals surface area contributed by atoms with Gasteiger partial charge >= 0.3 is 0 Å². The number of benzene rings is 1. The zero-order valence-corrected chi connectivity index (χ0v) is 17.2. The summed E-state index contributed by atoms with van der Waals surface area (Å²) in [7, 11) is 0. The molecule has 0 spiro atoms. The van der Waals surface area contributed by atoms with E-state index in [2.05, 4.69) is 16.4 Å². The van der Waals surface area contributed by atoms with Crippen molar-refractivity contribution in [3.05, 3.63) is 63.7 Å². The minimum atomic E-state index is -0.319. The highest BCUT2D eigenvalue weighted by molar-refractivity contribution is 7.21. The fraction of sp³-hybridized carbons (Fsp3) is 0.0952. The van der Waals surface area contributed by atoms with Crippen LogP contribution in [-0.2, 0) is 6.42 Å². The first kappa shape index (κ1) is 19.8. The van der Waals surface area contributed by atoms with Gasteiger partial charge in [-0.15, -0.1) is 11.3 Å². The van der Waals surface area contributed by atoms with Crippen molar-refractivity contribution >= 4 is 50.6 Å². The molecule has 1 aromatic carbocycles. The summed E-state index contributed by atoms with van der Waals surface area (Å²) in [5.74, 6) is 0.175. The molecule has 9 heteroatoms. The van der Waals surface area contributed by atoms with Gasteiger partial charge in [0.15, 0.2) is 0 Å². The van der Waals surface area contributed by atoms with E-state index in [4.69, 9.17) is 27.5 Å². The Morgan fingerprint density at radius 1 is 1.30 bits per heavy atom. The van der Waals surface area contributed by atoms with E-state index in [1.165, 1.54) is 6.26 Å². The Kier molecular flexibility index (Phi) is 5.31. The van der Waals surface area contributed by atoms with Gasteiger partial charge in [0, 0.05) is 17.0 Å². The summed E-state index contributed by atoms with van der Waals surface area (Å²) in [6.45, 7) is 0.414. The first-order valence-corrected chi connectivity index (χ1v) is 10.2. The predicted molar refractivity (Wildman–Crippen MR) is 118 cm³/mol. The normalized spacial score (nSPS) is 10.8. The first-order valence-electron chi connectivity index (χ1n) is 8.97. The van der Waals surface area contributed by atoms with Crippen molar-refractivity contribution in [2.75, 3.05) is 18.0 Å². The minimum absolute atomic E-state index is 0.0607. The van der Waals surface area contributed by atoms with Gasteiger partial charge in [0.05, 0.1) is 17.5 Å². The maximum Gasteiger partial charge on any atom is 0.263 e. The standard InChI is InChI=1S/C21H16ClN5O2S/c22-12-4-1-3-11(9-12)6-7-26-20(28)18-17(24)16-15(14-5-2-8-29-14)13(10-23)19(25)27-21(16)30-18/h1-5,8-9H,6-7,24H2,(H2,25,27)(H,26,28). The third-order valence-electron chi connectivity index (χ3n) is 4.58. The van der Waals surface area contributed by atoms with Crippen molar-refractivity contribution in [2.45, 2.75) is 6.42 Å². The van der Waals surface area contributed by atoms with Gasteiger partial charge in [0.2, 0.25) is 0 Å². The van der Waals surface area contributed by atoms with Crippen molar-refractivity contribution in [3.63, 3.8) is 0 Å². The van der Waals surface area contributed by atoms with Gasteiger partial charge in [0.25, 0.3) is 5.91 Å². The number of carbonyl (C=O) groups is 1. The Bertz CT molecular complexity index is 1290. The van der Waals surface area contributed by atoms with Crippen molar-refractivity contribution in [1.29, 1.82) is 5.26 Å². The van der Waals surface area contributed by atoms with E-state index < -0.39 is 0 Å². The lowest BCUT2D eigenvalue weighted by Gasteiger charge is -2.07. The Morgan fingerprint density at radius 3 is 2.83 bits per heavy atom. The molecule has 3 heterocycles. The van der Waals surface area contributed by atoms with Gasteiger partial charge in [-0.05, 0) is 36.2 Å². The summed E-state index contributed by atoms with van der Waals surface area (Å²) >= 11 is 7.12. The first-order chi connectivity index (χ1) is 14.5. The lowest BCUT2D eigenvalue weighted by molar-refractivity contribution is 0.0959. The zero-order valence-electron chi connectivity index (χ0n) is 15.6. The number of furan rings is 1. The summed E-state index contributed by atoms with van der Waals surface area (Å²) in [4.78, 5) is 17.8. The second kappa shape index (κ2) is 8.06. The molecule has 0 fully saturated rings. The highest BCUT2D eigenvalue weighted by Gasteiger charge is 2.25. The van der Waals surface area contributed by atoms with Crippen LogP contribution in [0.15, 0.2) is 47.1 Å². The number of amides is 1. The molecule has 0 radical (unpaired) electrons. The molecule has 150 valence electrons. The molecule has 0 saturated carbocycles. The van der Waals surface area contributed by atoms with Crippen molar-refractivity contribution in [2.24, 2.45) is 0 Å². The monoisotopic (exact) mass is 437 g/mol. The smallest absolute Gasteiger partial charge is 0.263 e. The van der Waals surface area contributed by atoms with Gasteiger partial charge < -0.3 is 21.2 Å². The van der Waals surface area contributed by atoms with Crippen LogP contribution in [0, 0.1) is 11.3 Å². The molecule has 0 aliphatic rings. The molecule has 0 saturated heterocycles. The largest absolute Gasteiger partial charge is 0.464 e. The van der Waals surface area contributed by atoms with E-state index in [0.717, 1.165) is 16.9 Å². The molecule has 1 amide bonds. The number of nitrogens with one attached hydrogen (secondary N) is 1. The molecule has 7 nitrogen and oxygen atoms in total. The maximum atomic E-state index is 12.8. The number of nitriles is 1. The van der Waals surface area contributed by atoms with Crippen molar-refractivity contribution in [1.82, 2.24) is 10.3 Å². The second-order valence-electron chi connectivity index (χ2n) is 6.50. The molecule has 0 atom stereocenters. The number of fused-ring (bicyclic) bond motifs is 1. The van der Waals surface area contributed by atoms with Crippen LogP contribution in [0.3, 0.4) is 0 Å². The lowest BCUT2D eigenvalue weighted by Crippen LogP contribution is -2.25. The average molecular weight is 438 g/mol. The molecule has 5 N–H and O–H groups in total. The highest BCUT2D eigenvalue weighted by atomic mass is 35.5. The van der Waals surface area contributed by atoms with E-state index in [-0.39, 0.29) is 23.0 Å². The fourth-order valence-electron chi connectivity index (χ4n) is 3.21. The minimum Gasteiger partial charge on any atom is -0.464 e. The highest BCUT2D eigenvalue weighted by Crippen LogP contribution is 2.42. The number of anilines is 2. The summed E-state index contributed by atoms with van der Waals surface area (Å²) < 4.78 is 5.48. The Morgan fingerprint density at radius 2 is 2.13 bits per heavy atom. The van der Waals surface area contributed by atoms with Gasteiger partial charge in [-0.1, -0.05) is 23.7 Å². The number of hydrogen-bond donors (Lipinski definition) is 3. The molecular formula is C21H16ClN5O2S. The lowest BCUT2D eigenvalue weighted by atomic mass is 10.0. The maximum absolute atomic E-state index is 12.8.